The molecule has 0 aromatic heterocycles. The van der Waals surface area contributed by atoms with Crippen LogP contribution in [0.2, 0.25) is 0 Å². The van der Waals surface area contributed by atoms with Crippen molar-refractivity contribution in [3.63, 3.8) is 0 Å². The van der Waals surface area contributed by atoms with Crippen LogP contribution in [0.25, 0.3) is 0 Å². The number of fused-ring (bicyclic) bond motifs is 1. The fourth-order valence-electron chi connectivity index (χ4n) is 3.48. The molecule has 0 radical (unpaired) electrons. The molecule has 0 unspecified atom stereocenters. The van der Waals surface area contributed by atoms with Crippen LogP contribution < -0.4 is 0 Å². The van der Waals surface area contributed by atoms with Crippen molar-refractivity contribution >= 4 is 15.9 Å². The number of carbonyl (C=O) groups excluding carboxylic acids is 1. The second-order valence-corrected chi connectivity index (χ2v) is 7.95. The molecule has 5 nitrogen and oxygen atoms in total. The summed E-state index contributed by atoms with van der Waals surface area (Å²) in [5.74, 6) is -0.260. The molecule has 3 fully saturated rings. The van der Waals surface area contributed by atoms with Crippen molar-refractivity contribution < 1.29 is 17.6 Å². The Morgan fingerprint density at radius 1 is 1.32 bits per heavy atom. The standard InChI is InChI=1S/C12H19FN2O3S/c1-19(17,18)15-6-3-9-7-14(8-10(9)15)11(16)12(13)4-2-5-12/h9-10H,2-8H2,1H3/t9-,10+/m1/s1. The lowest BCUT2D eigenvalue weighted by atomic mass is 9.81. The van der Waals surface area contributed by atoms with Crippen LogP contribution in [0, 0.1) is 5.92 Å². The molecule has 19 heavy (non-hydrogen) atoms. The number of amides is 1. The molecule has 0 bridgehead atoms. The van der Waals surface area contributed by atoms with Crippen molar-refractivity contribution in [2.24, 2.45) is 5.92 Å². The Bertz CT molecular complexity index is 503. The largest absolute Gasteiger partial charge is 0.338 e. The number of nitrogens with zero attached hydrogens (tertiary/aromatic N) is 2. The highest BCUT2D eigenvalue weighted by Gasteiger charge is 2.52. The van der Waals surface area contributed by atoms with Crippen LogP contribution in [0.1, 0.15) is 25.7 Å². The fourth-order valence-corrected chi connectivity index (χ4v) is 4.65. The van der Waals surface area contributed by atoms with Gasteiger partial charge in [-0.05, 0) is 31.6 Å². The van der Waals surface area contributed by atoms with Crippen molar-refractivity contribution in [2.45, 2.75) is 37.4 Å². The maximum absolute atomic E-state index is 14.1. The Hall–Kier alpha value is -0.690. The number of hydrogen-bond acceptors (Lipinski definition) is 3. The molecule has 2 heterocycles. The van der Waals surface area contributed by atoms with Crippen LogP contribution in [0.5, 0.6) is 0 Å². The number of halogens is 1. The molecule has 7 heteroatoms. The summed E-state index contributed by atoms with van der Waals surface area (Å²) >= 11 is 0. The molecule has 3 rings (SSSR count). The Balaban J connectivity index is 1.72. The number of rotatable bonds is 2. The van der Waals surface area contributed by atoms with Crippen molar-refractivity contribution in [3.05, 3.63) is 0 Å². The van der Waals surface area contributed by atoms with Gasteiger partial charge in [0.1, 0.15) is 0 Å². The lowest BCUT2D eigenvalue weighted by Gasteiger charge is -2.36. The van der Waals surface area contributed by atoms with E-state index in [1.165, 1.54) is 15.5 Å². The van der Waals surface area contributed by atoms with E-state index in [0.29, 0.717) is 32.5 Å². The summed E-state index contributed by atoms with van der Waals surface area (Å²) in [6, 6.07) is -0.150. The molecule has 0 spiro atoms. The Morgan fingerprint density at radius 2 is 2.00 bits per heavy atom. The Kier molecular flexibility index (Phi) is 2.91. The maximum atomic E-state index is 14.1. The molecule has 3 aliphatic rings. The van der Waals surface area contributed by atoms with Crippen molar-refractivity contribution in [1.82, 2.24) is 9.21 Å². The molecule has 0 aromatic carbocycles. The number of hydrogen-bond donors (Lipinski definition) is 0. The van der Waals surface area contributed by atoms with Crippen LogP contribution in [0.3, 0.4) is 0 Å². The zero-order valence-corrected chi connectivity index (χ0v) is 11.8. The first-order chi connectivity index (χ1) is 8.81. The second-order valence-electron chi connectivity index (χ2n) is 6.02. The van der Waals surface area contributed by atoms with Crippen LogP contribution in [-0.2, 0) is 14.8 Å². The van der Waals surface area contributed by atoms with Gasteiger partial charge in [-0.3, -0.25) is 4.79 Å². The maximum Gasteiger partial charge on any atom is 0.260 e. The van der Waals surface area contributed by atoms with E-state index in [4.69, 9.17) is 0 Å². The van der Waals surface area contributed by atoms with Crippen molar-refractivity contribution in [2.75, 3.05) is 25.9 Å². The normalized spacial score (nSPS) is 34.1. The smallest absolute Gasteiger partial charge is 0.260 e. The first kappa shape index (κ1) is 13.3. The number of alkyl halides is 1. The number of likely N-dealkylation sites (tertiary alicyclic amines) is 1. The number of sulfonamides is 1. The van der Waals surface area contributed by atoms with E-state index in [2.05, 4.69) is 0 Å². The van der Waals surface area contributed by atoms with Gasteiger partial charge in [0.2, 0.25) is 10.0 Å². The van der Waals surface area contributed by atoms with Gasteiger partial charge in [0.25, 0.3) is 5.91 Å². The van der Waals surface area contributed by atoms with Crippen molar-refractivity contribution in [1.29, 1.82) is 0 Å². The summed E-state index contributed by atoms with van der Waals surface area (Å²) in [5, 5.41) is 0. The summed E-state index contributed by atoms with van der Waals surface area (Å²) in [6.45, 7) is 1.38. The lowest BCUT2D eigenvalue weighted by Crippen LogP contribution is -2.50. The van der Waals surface area contributed by atoms with E-state index in [1.807, 2.05) is 0 Å². The quantitative estimate of drug-likeness (QED) is 0.738. The molecule has 0 N–H and O–H groups in total. The van der Waals surface area contributed by atoms with Crippen LogP contribution >= 0.6 is 0 Å². The average Bonchev–Trinajstić information content (AvgIpc) is 2.81. The van der Waals surface area contributed by atoms with Crippen LogP contribution in [-0.4, -0.2) is 61.1 Å². The number of carbonyl (C=O) groups is 1. The summed E-state index contributed by atoms with van der Waals surface area (Å²) in [7, 11) is -3.23. The van der Waals surface area contributed by atoms with Gasteiger partial charge in [-0.1, -0.05) is 0 Å². The van der Waals surface area contributed by atoms with Crippen molar-refractivity contribution in [3.8, 4) is 0 Å². The van der Waals surface area contributed by atoms with Gasteiger partial charge < -0.3 is 4.90 Å². The molecular weight excluding hydrogens is 271 g/mol. The highest BCUT2D eigenvalue weighted by atomic mass is 32.2. The topological polar surface area (TPSA) is 57.7 Å². The van der Waals surface area contributed by atoms with Gasteiger partial charge in [0.05, 0.1) is 6.26 Å². The Labute approximate surface area is 112 Å². The minimum absolute atomic E-state index is 0.150. The molecule has 108 valence electrons. The van der Waals surface area contributed by atoms with E-state index < -0.39 is 21.6 Å². The zero-order valence-electron chi connectivity index (χ0n) is 11.0. The van der Waals surface area contributed by atoms with Gasteiger partial charge in [-0.2, -0.15) is 4.31 Å². The fraction of sp³-hybridized carbons (Fsp3) is 0.917. The monoisotopic (exact) mass is 290 g/mol. The predicted molar refractivity (Wildman–Crippen MR) is 67.7 cm³/mol. The third kappa shape index (κ3) is 2.07. The highest BCUT2D eigenvalue weighted by molar-refractivity contribution is 7.88. The molecule has 1 aliphatic carbocycles. The minimum atomic E-state index is -3.23. The van der Waals surface area contributed by atoms with Gasteiger partial charge in [-0.15, -0.1) is 0 Å². The van der Waals surface area contributed by atoms with E-state index in [0.717, 1.165) is 12.8 Å². The van der Waals surface area contributed by atoms with E-state index >= 15 is 0 Å². The molecule has 1 amide bonds. The van der Waals surface area contributed by atoms with Crippen LogP contribution in [0.15, 0.2) is 0 Å². The first-order valence-electron chi connectivity index (χ1n) is 6.76. The predicted octanol–water partition coefficient (Wildman–Crippen LogP) is 0.371. The van der Waals surface area contributed by atoms with Crippen LogP contribution in [0.4, 0.5) is 4.39 Å². The van der Waals surface area contributed by atoms with E-state index in [9.17, 15) is 17.6 Å². The van der Waals surface area contributed by atoms with Gasteiger partial charge in [0.15, 0.2) is 5.67 Å². The third-order valence-corrected chi connectivity index (χ3v) is 6.04. The molecule has 2 aliphatic heterocycles. The van der Waals surface area contributed by atoms with Gasteiger partial charge >= 0.3 is 0 Å². The molecular formula is C12H19FN2O3S. The second kappa shape index (κ2) is 4.15. The van der Waals surface area contributed by atoms with Gasteiger partial charge in [0, 0.05) is 25.7 Å². The first-order valence-corrected chi connectivity index (χ1v) is 8.61. The summed E-state index contributed by atoms with van der Waals surface area (Å²) in [4.78, 5) is 13.7. The van der Waals surface area contributed by atoms with Gasteiger partial charge in [-0.25, -0.2) is 12.8 Å². The molecule has 1 saturated carbocycles. The summed E-state index contributed by atoms with van der Waals surface area (Å²) in [6.07, 6.45) is 3.35. The molecule has 0 aromatic rings. The van der Waals surface area contributed by atoms with E-state index in [1.54, 1.807) is 0 Å². The summed E-state index contributed by atoms with van der Waals surface area (Å²) < 4.78 is 38.9. The molecule has 2 saturated heterocycles. The molecule has 2 atom stereocenters. The van der Waals surface area contributed by atoms with E-state index in [-0.39, 0.29) is 12.0 Å². The lowest BCUT2D eigenvalue weighted by molar-refractivity contribution is -0.149. The minimum Gasteiger partial charge on any atom is -0.338 e. The summed E-state index contributed by atoms with van der Waals surface area (Å²) in [5.41, 5.74) is -1.67. The third-order valence-electron chi connectivity index (χ3n) is 4.74. The highest BCUT2D eigenvalue weighted by Crippen LogP contribution is 2.40. The Morgan fingerprint density at radius 3 is 2.53 bits per heavy atom. The SMILES string of the molecule is CS(=O)(=O)N1CC[C@@H]2CN(C(=O)C3(F)CCC3)C[C@@H]21. The zero-order chi connectivity index (χ0) is 13.8. The average molecular weight is 290 g/mol.